The zero-order valence-electron chi connectivity index (χ0n) is 10.2. The molecule has 0 amide bonds. The van der Waals surface area contributed by atoms with Crippen LogP contribution in [0.3, 0.4) is 0 Å². The summed E-state index contributed by atoms with van der Waals surface area (Å²) in [6.45, 7) is 2.28. The highest BCUT2D eigenvalue weighted by Gasteiger charge is 2.24. The fraction of sp³-hybridized carbons (Fsp3) is 0.917. The maximum atomic E-state index is 5.53. The molecular weight excluding hydrogens is 200 g/mol. The standard InChI is InChI=1S/C12H24N4/c1-9-5-4-8-11(9)15-12(16-13)14-10-6-2-3-7-10/h9-11H,2-8,13H2,1H3,(H2,14,15,16). The molecule has 4 heteroatoms. The van der Waals surface area contributed by atoms with Crippen molar-refractivity contribution in [2.75, 3.05) is 0 Å². The summed E-state index contributed by atoms with van der Waals surface area (Å²) in [7, 11) is 0. The van der Waals surface area contributed by atoms with Crippen LogP contribution < -0.4 is 16.6 Å². The van der Waals surface area contributed by atoms with E-state index in [9.17, 15) is 0 Å². The van der Waals surface area contributed by atoms with Crippen molar-refractivity contribution in [3.8, 4) is 0 Å². The molecule has 0 radical (unpaired) electrons. The molecule has 2 aliphatic rings. The summed E-state index contributed by atoms with van der Waals surface area (Å²) in [5, 5.41) is 3.43. The van der Waals surface area contributed by atoms with Crippen molar-refractivity contribution in [2.24, 2.45) is 16.8 Å². The lowest BCUT2D eigenvalue weighted by Gasteiger charge is -2.18. The van der Waals surface area contributed by atoms with Crippen LogP contribution in [-0.2, 0) is 0 Å². The molecule has 4 nitrogen and oxygen atoms in total. The first-order chi connectivity index (χ1) is 7.79. The lowest BCUT2D eigenvalue weighted by atomic mass is 10.1. The van der Waals surface area contributed by atoms with Gasteiger partial charge in [0.05, 0.1) is 6.04 Å². The molecule has 0 heterocycles. The van der Waals surface area contributed by atoms with Crippen molar-refractivity contribution in [3.05, 3.63) is 0 Å². The quantitative estimate of drug-likeness (QED) is 0.288. The summed E-state index contributed by atoms with van der Waals surface area (Å²) in [6, 6.07) is 1.03. The van der Waals surface area contributed by atoms with Crippen LogP contribution in [0.4, 0.5) is 0 Å². The first kappa shape index (κ1) is 11.7. The fourth-order valence-corrected chi connectivity index (χ4v) is 2.86. The third-order valence-electron chi connectivity index (χ3n) is 3.94. The molecule has 0 spiro atoms. The van der Waals surface area contributed by atoms with E-state index < -0.39 is 0 Å². The molecule has 92 valence electrons. The first-order valence-electron chi connectivity index (χ1n) is 6.60. The zero-order chi connectivity index (χ0) is 11.4. The topological polar surface area (TPSA) is 62.4 Å². The first-order valence-corrected chi connectivity index (χ1v) is 6.60. The molecule has 16 heavy (non-hydrogen) atoms. The van der Waals surface area contributed by atoms with E-state index in [-0.39, 0.29) is 0 Å². The normalized spacial score (nSPS) is 32.0. The lowest BCUT2D eigenvalue weighted by molar-refractivity contribution is 0.520. The molecular formula is C12H24N4. The van der Waals surface area contributed by atoms with Crippen LogP contribution in [0.1, 0.15) is 51.9 Å². The van der Waals surface area contributed by atoms with Gasteiger partial charge < -0.3 is 5.32 Å². The Morgan fingerprint density at radius 2 is 1.88 bits per heavy atom. The minimum absolute atomic E-state index is 0.458. The number of nitrogens with one attached hydrogen (secondary N) is 2. The number of nitrogens with two attached hydrogens (primary N) is 1. The van der Waals surface area contributed by atoms with E-state index in [4.69, 9.17) is 10.8 Å². The molecule has 2 atom stereocenters. The van der Waals surface area contributed by atoms with Gasteiger partial charge in [0.25, 0.3) is 0 Å². The van der Waals surface area contributed by atoms with Crippen molar-refractivity contribution in [3.63, 3.8) is 0 Å². The number of aliphatic imine (C=N–C) groups is 1. The van der Waals surface area contributed by atoms with Gasteiger partial charge in [-0.1, -0.05) is 26.2 Å². The monoisotopic (exact) mass is 224 g/mol. The minimum atomic E-state index is 0.458. The van der Waals surface area contributed by atoms with E-state index in [1.807, 2.05) is 0 Å². The van der Waals surface area contributed by atoms with Crippen LogP contribution in [0.2, 0.25) is 0 Å². The third-order valence-corrected chi connectivity index (χ3v) is 3.94. The second kappa shape index (κ2) is 5.53. The second-order valence-electron chi connectivity index (χ2n) is 5.22. The number of hydrogen-bond acceptors (Lipinski definition) is 2. The Morgan fingerprint density at radius 1 is 1.12 bits per heavy atom. The van der Waals surface area contributed by atoms with Crippen LogP contribution in [0, 0.1) is 5.92 Å². The molecule has 4 N–H and O–H groups in total. The van der Waals surface area contributed by atoms with Gasteiger partial charge in [-0.05, 0) is 31.6 Å². The Labute approximate surface area is 98.0 Å². The van der Waals surface area contributed by atoms with Crippen LogP contribution in [0.25, 0.3) is 0 Å². The van der Waals surface area contributed by atoms with E-state index >= 15 is 0 Å². The van der Waals surface area contributed by atoms with Crippen molar-refractivity contribution in [1.29, 1.82) is 0 Å². The predicted octanol–water partition coefficient (Wildman–Crippen LogP) is 1.53. The van der Waals surface area contributed by atoms with Crippen LogP contribution in [0.5, 0.6) is 0 Å². The number of nitrogens with zero attached hydrogens (tertiary/aromatic N) is 1. The van der Waals surface area contributed by atoms with E-state index in [1.165, 1.54) is 44.9 Å². The lowest BCUT2D eigenvalue weighted by Crippen LogP contribution is -2.46. The molecule has 0 aromatic heterocycles. The molecule has 2 rings (SSSR count). The molecule has 2 unspecified atom stereocenters. The Kier molecular flexibility index (Phi) is 4.04. The number of hydrazine groups is 1. The van der Waals surface area contributed by atoms with E-state index in [1.54, 1.807) is 0 Å². The van der Waals surface area contributed by atoms with Crippen LogP contribution >= 0.6 is 0 Å². The van der Waals surface area contributed by atoms with Gasteiger partial charge in [0.15, 0.2) is 0 Å². The van der Waals surface area contributed by atoms with Crippen molar-refractivity contribution >= 4 is 5.96 Å². The fourth-order valence-electron chi connectivity index (χ4n) is 2.86. The van der Waals surface area contributed by atoms with Gasteiger partial charge in [-0.15, -0.1) is 0 Å². The van der Waals surface area contributed by atoms with E-state index in [0.29, 0.717) is 18.0 Å². The Bertz CT molecular complexity index is 245. The van der Waals surface area contributed by atoms with Crippen molar-refractivity contribution < 1.29 is 0 Å². The molecule has 0 bridgehead atoms. The van der Waals surface area contributed by atoms with Crippen LogP contribution in [-0.4, -0.2) is 18.0 Å². The maximum absolute atomic E-state index is 5.53. The smallest absolute Gasteiger partial charge is 0.206 e. The average molecular weight is 224 g/mol. The summed E-state index contributed by atoms with van der Waals surface area (Å²) >= 11 is 0. The maximum Gasteiger partial charge on any atom is 0.206 e. The van der Waals surface area contributed by atoms with Gasteiger partial charge in [0, 0.05) is 6.04 Å². The SMILES string of the molecule is CC1CCCC1N=C(NN)NC1CCCC1. The summed E-state index contributed by atoms with van der Waals surface area (Å²) < 4.78 is 0. The predicted molar refractivity (Wildman–Crippen MR) is 67.0 cm³/mol. The molecule has 2 fully saturated rings. The molecule has 2 aliphatic carbocycles. The molecule has 0 saturated heterocycles. The summed E-state index contributed by atoms with van der Waals surface area (Å²) in [5.41, 5.74) is 2.72. The van der Waals surface area contributed by atoms with Crippen LogP contribution in [0.15, 0.2) is 4.99 Å². The highest BCUT2D eigenvalue weighted by Crippen LogP contribution is 2.27. The van der Waals surface area contributed by atoms with Gasteiger partial charge in [-0.25, -0.2) is 10.8 Å². The molecule has 0 aromatic carbocycles. The van der Waals surface area contributed by atoms with Gasteiger partial charge in [-0.2, -0.15) is 0 Å². The Hall–Kier alpha value is -0.770. The summed E-state index contributed by atoms with van der Waals surface area (Å²) in [4.78, 5) is 4.71. The second-order valence-corrected chi connectivity index (χ2v) is 5.22. The third kappa shape index (κ3) is 2.88. The Morgan fingerprint density at radius 3 is 2.44 bits per heavy atom. The van der Waals surface area contributed by atoms with Crippen molar-refractivity contribution in [2.45, 2.75) is 64.0 Å². The minimum Gasteiger partial charge on any atom is -0.353 e. The highest BCUT2D eigenvalue weighted by molar-refractivity contribution is 5.79. The molecule has 0 aliphatic heterocycles. The number of guanidine groups is 1. The number of rotatable bonds is 2. The van der Waals surface area contributed by atoms with E-state index in [2.05, 4.69) is 17.7 Å². The average Bonchev–Trinajstić information content (AvgIpc) is 2.90. The number of hydrogen-bond donors (Lipinski definition) is 3. The highest BCUT2D eigenvalue weighted by atomic mass is 15.3. The van der Waals surface area contributed by atoms with E-state index in [0.717, 1.165) is 5.96 Å². The van der Waals surface area contributed by atoms with Gasteiger partial charge in [0.2, 0.25) is 5.96 Å². The summed E-state index contributed by atoms with van der Waals surface area (Å²) in [6.07, 6.45) is 8.97. The zero-order valence-corrected chi connectivity index (χ0v) is 10.2. The Balaban J connectivity index is 1.89. The van der Waals surface area contributed by atoms with Gasteiger partial charge in [0.1, 0.15) is 0 Å². The van der Waals surface area contributed by atoms with Crippen molar-refractivity contribution in [1.82, 2.24) is 10.7 Å². The molecule has 0 aromatic rings. The van der Waals surface area contributed by atoms with Gasteiger partial charge in [-0.3, -0.25) is 5.43 Å². The largest absolute Gasteiger partial charge is 0.353 e. The summed E-state index contributed by atoms with van der Waals surface area (Å²) in [5.74, 6) is 7.03. The van der Waals surface area contributed by atoms with Gasteiger partial charge >= 0.3 is 0 Å². The molecule has 2 saturated carbocycles.